The molecule has 0 spiro atoms. The lowest BCUT2D eigenvalue weighted by Crippen LogP contribution is -2.31. The van der Waals surface area contributed by atoms with Gasteiger partial charge in [0.25, 0.3) is 0 Å². The van der Waals surface area contributed by atoms with Gasteiger partial charge >= 0.3 is 0 Å². The third-order valence-corrected chi connectivity index (χ3v) is 2.72. The Kier molecular flexibility index (Phi) is 1.86. The van der Waals surface area contributed by atoms with Gasteiger partial charge in [0.05, 0.1) is 22.7 Å². The summed E-state index contributed by atoms with van der Waals surface area (Å²) in [4.78, 5) is 0. The molecule has 0 aliphatic carbocycles. The summed E-state index contributed by atoms with van der Waals surface area (Å²) in [6.07, 6.45) is 0. The molecule has 2 N–H and O–H groups in total. The maximum Gasteiger partial charge on any atom is 0.0805 e. The summed E-state index contributed by atoms with van der Waals surface area (Å²) in [5.41, 5.74) is 2.58. The summed E-state index contributed by atoms with van der Waals surface area (Å²) >= 11 is 0. The molecule has 2 aromatic rings. The fourth-order valence-corrected chi connectivity index (χ4v) is 1.94. The van der Waals surface area contributed by atoms with E-state index in [4.69, 9.17) is 5.84 Å². The summed E-state index contributed by atoms with van der Waals surface area (Å²) in [5.74, 6) is 5.99. The fourth-order valence-electron chi connectivity index (χ4n) is 1.94. The summed E-state index contributed by atoms with van der Waals surface area (Å²) < 4.78 is 0. The predicted octanol–water partition coefficient (Wildman–Crippen LogP) is 2.65. The third kappa shape index (κ3) is 1.11. The SMILES string of the molecule is NN1c2ccccc2N([O-])c2ccccc21. The molecular weight excluding hydrogens is 202 g/mol. The molecule has 80 valence electrons. The third-order valence-electron chi connectivity index (χ3n) is 2.72. The monoisotopic (exact) mass is 212 g/mol. The predicted molar refractivity (Wildman–Crippen MR) is 64.7 cm³/mol. The Labute approximate surface area is 93.1 Å². The number of hydrazine groups is 1. The highest BCUT2D eigenvalue weighted by Crippen LogP contribution is 2.44. The van der Waals surface area contributed by atoms with E-state index in [1.54, 1.807) is 17.1 Å². The van der Waals surface area contributed by atoms with E-state index in [-0.39, 0.29) is 0 Å². The molecule has 0 bridgehead atoms. The molecule has 0 aromatic heterocycles. The highest BCUT2D eigenvalue weighted by molar-refractivity contribution is 5.92. The van der Waals surface area contributed by atoms with Gasteiger partial charge in [-0.15, -0.1) is 0 Å². The second-order valence-corrected chi connectivity index (χ2v) is 3.64. The van der Waals surface area contributed by atoms with E-state index in [1.807, 2.05) is 36.4 Å². The molecular formula is C12H10N3O-. The molecule has 0 unspecified atom stereocenters. The van der Waals surface area contributed by atoms with Gasteiger partial charge in [0.2, 0.25) is 0 Å². The number of benzene rings is 2. The van der Waals surface area contributed by atoms with Crippen molar-refractivity contribution in [2.45, 2.75) is 0 Å². The van der Waals surface area contributed by atoms with E-state index in [2.05, 4.69) is 0 Å². The second-order valence-electron chi connectivity index (χ2n) is 3.64. The topological polar surface area (TPSA) is 55.6 Å². The van der Waals surface area contributed by atoms with Crippen molar-refractivity contribution in [3.8, 4) is 0 Å². The molecule has 0 saturated heterocycles. The first-order chi connectivity index (χ1) is 7.79. The van der Waals surface area contributed by atoms with Crippen molar-refractivity contribution < 1.29 is 0 Å². The highest BCUT2D eigenvalue weighted by atomic mass is 16.5. The van der Waals surface area contributed by atoms with Crippen LogP contribution in [0.25, 0.3) is 0 Å². The Balaban J connectivity index is 2.26. The van der Waals surface area contributed by atoms with Crippen molar-refractivity contribution in [1.29, 1.82) is 0 Å². The summed E-state index contributed by atoms with van der Waals surface area (Å²) in [6, 6.07) is 14.6. The molecule has 1 heterocycles. The molecule has 0 amide bonds. The first-order valence-electron chi connectivity index (χ1n) is 4.99. The fraction of sp³-hybridized carbons (Fsp3) is 0. The van der Waals surface area contributed by atoms with Crippen LogP contribution < -0.4 is 15.9 Å². The van der Waals surface area contributed by atoms with Gasteiger partial charge in [0.1, 0.15) is 0 Å². The summed E-state index contributed by atoms with van der Waals surface area (Å²) in [7, 11) is 0. The molecule has 0 atom stereocenters. The number of nitrogens with two attached hydrogens (primary N) is 1. The van der Waals surface area contributed by atoms with Crippen LogP contribution in [-0.4, -0.2) is 0 Å². The first-order valence-corrected chi connectivity index (χ1v) is 4.99. The van der Waals surface area contributed by atoms with Crippen LogP contribution in [0, 0.1) is 5.21 Å². The Morgan fingerprint density at radius 2 is 1.12 bits per heavy atom. The molecule has 3 rings (SSSR count). The quantitative estimate of drug-likeness (QED) is 0.682. The molecule has 0 saturated carbocycles. The molecule has 2 aromatic carbocycles. The van der Waals surface area contributed by atoms with Crippen molar-refractivity contribution in [2.24, 2.45) is 5.84 Å². The van der Waals surface area contributed by atoms with Crippen LogP contribution in [0.5, 0.6) is 0 Å². The van der Waals surface area contributed by atoms with Crippen molar-refractivity contribution in [2.75, 3.05) is 10.1 Å². The molecule has 0 radical (unpaired) electrons. The number of hydrogen-bond donors (Lipinski definition) is 1. The van der Waals surface area contributed by atoms with E-state index in [9.17, 15) is 5.21 Å². The molecule has 4 nitrogen and oxygen atoms in total. The van der Waals surface area contributed by atoms with Gasteiger partial charge in [-0.3, -0.25) is 5.01 Å². The van der Waals surface area contributed by atoms with Crippen LogP contribution in [0.15, 0.2) is 48.5 Å². The molecule has 1 aliphatic heterocycles. The number of anilines is 4. The lowest BCUT2D eigenvalue weighted by molar-refractivity contribution is 1.05. The van der Waals surface area contributed by atoms with E-state index in [0.29, 0.717) is 11.4 Å². The zero-order valence-electron chi connectivity index (χ0n) is 8.50. The van der Waals surface area contributed by atoms with Gasteiger partial charge in [-0.25, -0.2) is 5.84 Å². The van der Waals surface area contributed by atoms with Crippen LogP contribution in [-0.2, 0) is 0 Å². The van der Waals surface area contributed by atoms with Crippen molar-refractivity contribution in [3.63, 3.8) is 0 Å². The Morgan fingerprint density at radius 1 is 0.750 bits per heavy atom. The van der Waals surface area contributed by atoms with Crippen molar-refractivity contribution >= 4 is 22.7 Å². The molecule has 1 aliphatic rings. The van der Waals surface area contributed by atoms with Crippen LogP contribution in [0.1, 0.15) is 0 Å². The lowest BCUT2D eigenvalue weighted by atomic mass is 10.1. The zero-order chi connectivity index (χ0) is 11.1. The zero-order valence-corrected chi connectivity index (χ0v) is 8.50. The lowest BCUT2D eigenvalue weighted by Gasteiger charge is -2.41. The van der Waals surface area contributed by atoms with E-state index < -0.39 is 0 Å². The van der Waals surface area contributed by atoms with Crippen LogP contribution in [0.2, 0.25) is 0 Å². The number of rotatable bonds is 0. The first kappa shape index (κ1) is 9.21. The van der Waals surface area contributed by atoms with Crippen molar-refractivity contribution in [1.82, 2.24) is 0 Å². The van der Waals surface area contributed by atoms with E-state index in [1.165, 1.54) is 0 Å². The second kappa shape index (κ2) is 3.23. The number of para-hydroxylation sites is 4. The minimum absolute atomic E-state index is 0.573. The largest absolute Gasteiger partial charge is 0.754 e. The minimum Gasteiger partial charge on any atom is -0.754 e. The average Bonchev–Trinajstić information content (AvgIpc) is 2.36. The molecule has 16 heavy (non-hydrogen) atoms. The van der Waals surface area contributed by atoms with Gasteiger partial charge in [0, 0.05) is 0 Å². The summed E-state index contributed by atoms with van der Waals surface area (Å²) in [6.45, 7) is 0. The van der Waals surface area contributed by atoms with Gasteiger partial charge in [-0.1, -0.05) is 24.3 Å². The van der Waals surface area contributed by atoms with Crippen LogP contribution in [0.3, 0.4) is 0 Å². The summed E-state index contributed by atoms with van der Waals surface area (Å²) in [5, 5.41) is 14.5. The average molecular weight is 212 g/mol. The highest BCUT2D eigenvalue weighted by Gasteiger charge is 2.20. The van der Waals surface area contributed by atoms with Gasteiger partial charge < -0.3 is 10.3 Å². The Morgan fingerprint density at radius 3 is 1.56 bits per heavy atom. The maximum absolute atomic E-state index is 12.1. The Hall–Kier alpha value is -2.04. The van der Waals surface area contributed by atoms with E-state index in [0.717, 1.165) is 16.4 Å². The minimum atomic E-state index is 0.573. The smallest absolute Gasteiger partial charge is 0.0805 e. The van der Waals surface area contributed by atoms with Gasteiger partial charge in [-0.05, 0) is 24.3 Å². The standard InChI is InChI=1S/C12H10N3O/c13-14-9-5-1-3-7-11(9)15(16)12-8-4-2-6-10(12)14/h1-8H,13H2/q-1. The molecule has 4 heteroatoms. The van der Waals surface area contributed by atoms with Gasteiger partial charge in [-0.2, -0.15) is 0 Å². The van der Waals surface area contributed by atoms with E-state index >= 15 is 0 Å². The van der Waals surface area contributed by atoms with Gasteiger partial charge in [0.15, 0.2) is 0 Å². The Bertz CT molecular complexity index is 446. The van der Waals surface area contributed by atoms with Crippen molar-refractivity contribution in [3.05, 3.63) is 53.7 Å². The number of fused-ring (bicyclic) bond motifs is 2. The molecule has 0 fully saturated rings. The number of hydrogen-bond acceptors (Lipinski definition) is 4. The van der Waals surface area contributed by atoms with Crippen LogP contribution in [0.4, 0.5) is 22.7 Å². The number of nitrogens with zero attached hydrogens (tertiary/aromatic N) is 2. The normalized spacial score (nSPS) is 13.4. The van der Waals surface area contributed by atoms with Crippen LogP contribution >= 0.6 is 0 Å². The maximum atomic E-state index is 12.1.